The summed E-state index contributed by atoms with van der Waals surface area (Å²) in [6.45, 7) is 1.05. The first-order valence-corrected chi connectivity index (χ1v) is 6.00. The molecule has 0 aliphatic carbocycles. The Morgan fingerprint density at radius 3 is 2.25 bits per heavy atom. The average molecular weight is 289 g/mol. The summed E-state index contributed by atoms with van der Waals surface area (Å²) in [6, 6.07) is 3.38. The van der Waals surface area contributed by atoms with Crippen molar-refractivity contribution in [3.05, 3.63) is 29.3 Å². The van der Waals surface area contributed by atoms with E-state index in [0.29, 0.717) is 13.1 Å². The van der Waals surface area contributed by atoms with E-state index in [-0.39, 0.29) is 11.3 Å². The van der Waals surface area contributed by atoms with Gasteiger partial charge in [-0.2, -0.15) is 13.2 Å². The van der Waals surface area contributed by atoms with Gasteiger partial charge in [0.2, 0.25) is 5.91 Å². The second-order valence-electron chi connectivity index (χ2n) is 4.82. The van der Waals surface area contributed by atoms with E-state index in [9.17, 15) is 18.0 Å². The molecule has 1 amide bonds. The van der Waals surface area contributed by atoms with E-state index in [2.05, 4.69) is 0 Å². The van der Waals surface area contributed by atoms with Crippen LogP contribution in [0.15, 0.2) is 18.2 Å². The highest BCUT2D eigenvalue weighted by atomic mass is 19.4. The lowest BCUT2D eigenvalue weighted by atomic mass is 10.1. The highest BCUT2D eigenvalue weighted by Gasteiger charge is 2.35. The lowest BCUT2D eigenvalue weighted by molar-refractivity contribution is -0.137. The minimum absolute atomic E-state index is 0.0318. The van der Waals surface area contributed by atoms with Gasteiger partial charge >= 0.3 is 6.18 Å². The molecule has 0 aliphatic heterocycles. The Kier molecular flexibility index (Phi) is 4.99. The number of hydrogen-bond acceptors (Lipinski definition) is 3. The first-order chi connectivity index (χ1) is 9.12. The fraction of sp³-hybridized carbons (Fsp3) is 0.462. The molecule has 0 saturated carbocycles. The molecule has 1 aromatic carbocycles. The molecule has 2 N–H and O–H groups in total. The third-order valence-corrected chi connectivity index (χ3v) is 2.88. The summed E-state index contributed by atoms with van der Waals surface area (Å²) in [7, 11) is 5.27. The number of carbonyl (C=O) groups is 1. The third kappa shape index (κ3) is 4.12. The summed E-state index contributed by atoms with van der Waals surface area (Å²) in [5, 5.41) is 0. The van der Waals surface area contributed by atoms with E-state index in [0.717, 1.165) is 6.07 Å². The summed E-state index contributed by atoms with van der Waals surface area (Å²) < 4.78 is 39.2. The maximum absolute atomic E-state index is 13.1. The Morgan fingerprint density at radius 2 is 1.80 bits per heavy atom. The number of amides is 1. The molecule has 4 nitrogen and oxygen atoms in total. The van der Waals surface area contributed by atoms with Crippen LogP contribution in [0, 0.1) is 0 Å². The molecule has 0 spiro atoms. The zero-order valence-electron chi connectivity index (χ0n) is 11.7. The van der Waals surface area contributed by atoms with Crippen molar-refractivity contribution in [2.45, 2.75) is 6.18 Å². The number of hydrogen-bond donors (Lipinski definition) is 1. The molecule has 1 rings (SSSR count). The van der Waals surface area contributed by atoms with Gasteiger partial charge in [0.1, 0.15) is 0 Å². The van der Waals surface area contributed by atoms with Crippen LogP contribution in [0.25, 0.3) is 0 Å². The van der Waals surface area contributed by atoms with Gasteiger partial charge in [0.15, 0.2) is 0 Å². The molecule has 0 aliphatic rings. The van der Waals surface area contributed by atoms with Gasteiger partial charge in [-0.25, -0.2) is 0 Å². The Morgan fingerprint density at radius 1 is 1.20 bits per heavy atom. The number of halogens is 3. The number of nitrogens with two attached hydrogens (primary N) is 1. The maximum atomic E-state index is 13.1. The zero-order chi connectivity index (χ0) is 15.5. The van der Waals surface area contributed by atoms with Gasteiger partial charge in [-0.1, -0.05) is 0 Å². The van der Waals surface area contributed by atoms with Crippen LogP contribution in [0.3, 0.4) is 0 Å². The Labute approximate surface area is 116 Å². The summed E-state index contributed by atoms with van der Waals surface area (Å²) in [5.74, 6) is -0.877. The topological polar surface area (TPSA) is 49.6 Å². The molecule has 1 aromatic rings. The van der Waals surface area contributed by atoms with Crippen molar-refractivity contribution in [1.82, 2.24) is 4.90 Å². The molecule has 7 heteroatoms. The van der Waals surface area contributed by atoms with Crippen LogP contribution < -0.4 is 10.6 Å². The van der Waals surface area contributed by atoms with E-state index in [1.54, 1.807) is 7.05 Å². The predicted octanol–water partition coefficient (Wildman–Crippen LogP) is 1.80. The van der Waals surface area contributed by atoms with Crippen LogP contribution in [-0.2, 0) is 6.18 Å². The average Bonchev–Trinajstić information content (AvgIpc) is 2.34. The Hall–Kier alpha value is -1.76. The smallest absolute Gasteiger partial charge is 0.373 e. The maximum Gasteiger partial charge on any atom is 0.418 e. The molecule has 0 radical (unpaired) electrons. The van der Waals surface area contributed by atoms with Crippen molar-refractivity contribution in [2.75, 3.05) is 39.1 Å². The predicted molar refractivity (Wildman–Crippen MR) is 71.8 cm³/mol. The normalized spacial score (nSPS) is 11.8. The summed E-state index contributed by atoms with van der Waals surface area (Å²) in [4.78, 5) is 14.4. The number of rotatable bonds is 5. The molecule has 20 heavy (non-hydrogen) atoms. The minimum Gasteiger partial charge on any atom is -0.373 e. The van der Waals surface area contributed by atoms with E-state index < -0.39 is 17.6 Å². The van der Waals surface area contributed by atoms with Crippen LogP contribution >= 0.6 is 0 Å². The van der Waals surface area contributed by atoms with E-state index in [1.807, 2.05) is 19.0 Å². The zero-order valence-corrected chi connectivity index (χ0v) is 11.7. The van der Waals surface area contributed by atoms with Crippen molar-refractivity contribution >= 4 is 11.6 Å². The first-order valence-electron chi connectivity index (χ1n) is 6.00. The van der Waals surface area contributed by atoms with E-state index >= 15 is 0 Å². The molecule has 0 unspecified atom stereocenters. The molecule has 0 bridgehead atoms. The van der Waals surface area contributed by atoms with Gasteiger partial charge in [0, 0.05) is 31.4 Å². The number of primary amides is 1. The van der Waals surface area contributed by atoms with Crippen molar-refractivity contribution in [3.8, 4) is 0 Å². The van der Waals surface area contributed by atoms with E-state index in [1.165, 1.54) is 17.0 Å². The molecule has 0 aromatic heterocycles. The van der Waals surface area contributed by atoms with Gasteiger partial charge in [-0.05, 0) is 32.3 Å². The number of anilines is 1. The summed E-state index contributed by atoms with van der Waals surface area (Å²) in [6.07, 6.45) is -4.53. The molecule has 112 valence electrons. The van der Waals surface area contributed by atoms with Gasteiger partial charge < -0.3 is 15.5 Å². The monoisotopic (exact) mass is 289 g/mol. The van der Waals surface area contributed by atoms with Crippen LogP contribution in [-0.4, -0.2) is 45.0 Å². The van der Waals surface area contributed by atoms with E-state index in [4.69, 9.17) is 5.73 Å². The molecule has 0 heterocycles. The second-order valence-corrected chi connectivity index (χ2v) is 4.82. The molecule has 0 saturated heterocycles. The van der Waals surface area contributed by atoms with Crippen LogP contribution in [0.4, 0.5) is 18.9 Å². The largest absolute Gasteiger partial charge is 0.418 e. The summed E-state index contributed by atoms with van der Waals surface area (Å²) in [5.41, 5.74) is 4.05. The molecular formula is C13H18F3N3O. The third-order valence-electron chi connectivity index (χ3n) is 2.88. The number of nitrogens with zero attached hydrogens (tertiary/aromatic N) is 2. The van der Waals surface area contributed by atoms with Gasteiger partial charge in [-0.3, -0.25) is 4.79 Å². The van der Waals surface area contributed by atoms with Crippen molar-refractivity contribution in [1.29, 1.82) is 0 Å². The molecular weight excluding hydrogens is 271 g/mol. The van der Waals surface area contributed by atoms with Crippen LogP contribution in [0.1, 0.15) is 15.9 Å². The molecule has 0 fully saturated rings. The SMILES string of the molecule is CN(C)CCN(C)c1ccc(C(N)=O)cc1C(F)(F)F. The van der Waals surface area contributed by atoms with Crippen molar-refractivity contribution < 1.29 is 18.0 Å². The number of alkyl halides is 3. The highest BCUT2D eigenvalue weighted by molar-refractivity contribution is 5.93. The van der Waals surface area contributed by atoms with Crippen LogP contribution in [0.5, 0.6) is 0 Å². The lowest BCUT2D eigenvalue weighted by Gasteiger charge is -2.25. The molecule has 0 atom stereocenters. The van der Waals surface area contributed by atoms with Crippen molar-refractivity contribution in [3.63, 3.8) is 0 Å². The second kappa shape index (κ2) is 6.13. The Bertz CT molecular complexity index is 486. The Balaban J connectivity index is 3.15. The number of likely N-dealkylation sites (N-methyl/N-ethyl adjacent to an activating group) is 2. The highest BCUT2D eigenvalue weighted by Crippen LogP contribution is 2.36. The lowest BCUT2D eigenvalue weighted by Crippen LogP contribution is -2.30. The van der Waals surface area contributed by atoms with Crippen molar-refractivity contribution in [2.24, 2.45) is 5.73 Å². The number of benzene rings is 1. The van der Waals surface area contributed by atoms with Crippen LogP contribution in [0.2, 0.25) is 0 Å². The quantitative estimate of drug-likeness (QED) is 0.899. The number of carbonyl (C=O) groups excluding carboxylic acids is 1. The van der Waals surface area contributed by atoms with Gasteiger partial charge in [0.05, 0.1) is 5.56 Å². The minimum atomic E-state index is -4.53. The summed E-state index contributed by atoms with van der Waals surface area (Å²) >= 11 is 0. The van der Waals surface area contributed by atoms with Gasteiger partial charge in [-0.15, -0.1) is 0 Å². The van der Waals surface area contributed by atoms with Gasteiger partial charge in [0.25, 0.3) is 0 Å². The fourth-order valence-electron chi connectivity index (χ4n) is 1.72. The first kappa shape index (κ1) is 16.3. The standard InChI is InChI=1S/C13H18F3N3O/c1-18(2)6-7-19(3)11-5-4-9(12(17)20)8-10(11)13(14,15)16/h4-5,8H,6-7H2,1-3H3,(H2,17,20). The fourth-order valence-corrected chi connectivity index (χ4v) is 1.72.